The smallest absolute Gasteiger partial charge is 0.329 e. The van der Waals surface area contributed by atoms with Crippen molar-refractivity contribution in [3.8, 4) is 5.75 Å². The number of urea groups is 1. The fraction of sp³-hybridized carbons (Fsp3) is 0.385. The van der Waals surface area contributed by atoms with Gasteiger partial charge in [-0.15, -0.1) is 0 Å². The van der Waals surface area contributed by atoms with Gasteiger partial charge >= 0.3 is 6.03 Å². The van der Waals surface area contributed by atoms with Crippen LogP contribution in [0, 0.1) is 0 Å². The molecule has 180 valence electrons. The summed E-state index contributed by atoms with van der Waals surface area (Å²) in [4.78, 5) is 29.2. The summed E-state index contributed by atoms with van der Waals surface area (Å²) in [6.07, 6.45) is 2.70. The second kappa shape index (κ2) is 9.16. The van der Waals surface area contributed by atoms with E-state index in [1.807, 2.05) is 6.07 Å². The fourth-order valence-corrected chi connectivity index (χ4v) is 5.57. The van der Waals surface area contributed by atoms with Crippen molar-refractivity contribution in [1.29, 1.82) is 0 Å². The first-order valence-electron chi connectivity index (χ1n) is 11.3. The summed E-state index contributed by atoms with van der Waals surface area (Å²) in [7, 11) is 1.61. The lowest BCUT2D eigenvalue weighted by Crippen LogP contribution is -2.48. The molecule has 6 nitrogen and oxygen atoms in total. The standard InChI is InChI=1S/C26H29Cl2N3O3/c1-6-31-22-12-23(34-5)17(9-19(22)15(2)13-26(31,3)4)10-21-24(32)30(25(33)29-21)14-16-7-8-18(27)11-20(16)28/h7-12,15H,6,13-14H2,1-5H3,(H,29,33)/b21-10+. The number of rotatable bonds is 5. The van der Waals surface area contributed by atoms with Crippen LogP contribution in [0.3, 0.4) is 0 Å². The molecular weight excluding hydrogens is 473 g/mol. The van der Waals surface area contributed by atoms with Crippen molar-refractivity contribution in [3.05, 3.63) is 62.8 Å². The number of methoxy groups -OCH3 is 1. The van der Waals surface area contributed by atoms with E-state index in [0.717, 1.165) is 29.1 Å². The van der Waals surface area contributed by atoms with Crippen molar-refractivity contribution >= 4 is 46.9 Å². The van der Waals surface area contributed by atoms with Crippen LogP contribution in [0.1, 0.15) is 56.7 Å². The molecule has 2 heterocycles. The Morgan fingerprint density at radius 2 is 1.94 bits per heavy atom. The predicted octanol–water partition coefficient (Wildman–Crippen LogP) is 6.21. The van der Waals surface area contributed by atoms with Crippen LogP contribution in [-0.4, -0.2) is 36.0 Å². The van der Waals surface area contributed by atoms with Crippen LogP contribution in [0.2, 0.25) is 10.0 Å². The first kappa shape index (κ1) is 24.4. The van der Waals surface area contributed by atoms with Gasteiger partial charge in [-0.3, -0.25) is 9.69 Å². The van der Waals surface area contributed by atoms with Crippen LogP contribution in [-0.2, 0) is 11.3 Å². The molecule has 4 rings (SSSR count). The van der Waals surface area contributed by atoms with Gasteiger partial charge in [0, 0.05) is 39.4 Å². The topological polar surface area (TPSA) is 61.9 Å². The van der Waals surface area contributed by atoms with Crippen molar-refractivity contribution < 1.29 is 14.3 Å². The van der Waals surface area contributed by atoms with Crippen molar-refractivity contribution in [1.82, 2.24) is 10.2 Å². The Hall–Kier alpha value is -2.70. The maximum absolute atomic E-state index is 13.1. The van der Waals surface area contributed by atoms with Gasteiger partial charge in [0.25, 0.3) is 5.91 Å². The molecule has 1 fully saturated rings. The van der Waals surface area contributed by atoms with E-state index in [1.54, 1.807) is 31.4 Å². The van der Waals surface area contributed by atoms with Crippen molar-refractivity contribution in [2.75, 3.05) is 18.6 Å². The van der Waals surface area contributed by atoms with Gasteiger partial charge in [0.15, 0.2) is 0 Å². The molecule has 0 radical (unpaired) electrons. The minimum Gasteiger partial charge on any atom is -0.496 e. The van der Waals surface area contributed by atoms with Crippen LogP contribution in [0.25, 0.3) is 6.08 Å². The molecule has 0 aromatic heterocycles. The molecular formula is C26H29Cl2N3O3. The number of nitrogens with zero attached hydrogens (tertiary/aromatic N) is 2. The Kier molecular flexibility index (Phi) is 6.58. The molecule has 0 aliphatic carbocycles. The lowest BCUT2D eigenvalue weighted by molar-refractivity contribution is -0.123. The van der Waals surface area contributed by atoms with Gasteiger partial charge in [0.05, 0.1) is 13.7 Å². The molecule has 2 aliphatic heterocycles. The third-order valence-corrected chi connectivity index (χ3v) is 7.25. The molecule has 0 bridgehead atoms. The summed E-state index contributed by atoms with van der Waals surface area (Å²) in [5, 5.41) is 3.59. The largest absolute Gasteiger partial charge is 0.496 e. The van der Waals surface area contributed by atoms with Crippen molar-refractivity contribution in [2.45, 2.75) is 52.1 Å². The van der Waals surface area contributed by atoms with E-state index < -0.39 is 11.9 Å². The number of benzene rings is 2. The molecule has 0 spiro atoms. The summed E-state index contributed by atoms with van der Waals surface area (Å²) in [6, 6.07) is 8.59. The monoisotopic (exact) mass is 501 g/mol. The molecule has 2 aliphatic rings. The molecule has 1 atom stereocenters. The second-order valence-corrected chi connectivity index (χ2v) is 10.3. The number of hydrogen-bond donors (Lipinski definition) is 1. The van der Waals surface area contributed by atoms with Gasteiger partial charge in [-0.05, 0) is 68.5 Å². The molecule has 1 N–H and O–H groups in total. The zero-order valence-electron chi connectivity index (χ0n) is 20.0. The Balaban J connectivity index is 1.68. The van der Waals surface area contributed by atoms with E-state index in [0.29, 0.717) is 27.3 Å². The van der Waals surface area contributed by atoms with Gasteiger partial charge in [-0.25, -0.2) is 4.79 Å². The summed E-state index contributed by atoms with van der Waals surface area (Å²) in [5.41, 5.74) is 3.97. The Morgan fingerprint density at radius 1 is 1.21 bits per heavy atom. The molecule has 1 saturated heterocycles. The second-order valence-electron chi connectivity index (χ2n) is 9.43. The zero-order valence-corrected chi connectivity index (χ0v) is 21.5. The number of nitrogens with one attached hydrogen (secondary N) is 1. The molecule has 2 aromatic rings. The van der Waals surface area contributed by atoms with Gasteiger partial charge in [0.2, 0.25) is 0 Å². The predicted molar refractivity (Wildman–Crippen MR) is 137 cm³/mol. The summed E-state index contributed by atoms with van der Waals surface area (Å²) in [5.74, 6) is 0.573. The Morgan fingerprint density at radius 3 is 2.59 bits per heavy atom. The fourth-order valence-electron chi connectivity index (χ4n) is 5.11. The number of anilines is 1. The van der Waals surface area contributed by atoms with E-state index >= 15 is 0 Å². The number of halogens is 2. The number of ether oxygens (including phenoxy) is 1. The summed E-state index contributed by atoms with van der Waals surface area (Å²) in [6.45, 7) is 9.82. The molecule has 1 unspecified atom stereocenters. The first-order valence-corrected chi connectivity index (χ1v) is 12.1. The number of carbonyl (C=O) groups is 2. The van der Waals surface area contributed by atoms with Crippen LogP contribution >= 0.6 is 23.2 Å². The van der Waals surface area contributed by atoms with Crippen molar-refractivity contribution in [3.63, 3.8) is 0 Å². The number of imide groups is 1. The van der Waals surface area contributed by atoms with Crippen LogP contribution < -0.4 is 15.0 Å². The van der Waals surface area contributed by atoms with Crippen molar-refractivity contribution in [2.24, 2.45) is 0 Å². The highest BCUT2D eigenvalue weighted by Gasteiger charge is 2.37. The molecule has 2 aromatic carbocycles. The average molecular weight is 502 g/mol. The van der Waals surface area contributed by atoms with Gasteiger partial charge in [-0.2, -0.15) is 0 Å². The molecule has 8 heteroatoms. The third kappa shape index (κ3) is 4.37. The Bertz CT molecular complexity index is 1190. The average Bonchev–Trinajstić information content (AvgIpc) is 3.02. The number of hydrogen-bond acceptors (Lipinski definition) is 4. The lowest BCUT2D eigenvalue weighted by Gasteiger charge is -2.47. The Labute approximate surface area is 210 Å². The molecule has 3 amide bonds. The SMILES string of the molecule is CCN1c2cc(OC)c(/C=C3/NC(=O)N(Cc4ccc(Cl)cc4Cl)C3=O)cc2C(C)CC1(C)C. The van der Waals surface area contributed by atoms with Crippen LogP contribution in [0.15, 0.2) is 36.0 Å². The maximum atomic E-state index is 13.1. The highest BCUT2D eigenvalue weighted by Crippen LogP contribution is 2.46. The number of amides is 3. The van der Waals surface area contributed by atoms with E-state index in [1.165, 1.54) is 5.56 Å². The van der Waals surface area contributed by atoms with Gasteiger partial charge in [-0.1, -0.05) is 36.2 Å². The summed E-state index contributed by atoms with van der Waals surface area (Å²) < 4.78 is 5.69. The third-order valence-electron chi connectivity index (χ3n) is 6.66. The van der Waals surface area contributed by atoms with E-state index in [4.69, 9.17) is 27.9 Å². The van der Waals surface area contributed by atoms with E-state index in [2.05, 4.69) is 44.0 Å². The molecule has 34 heavy (non-hydrogen) atoms. The van der Waals surface area contributed by atoms with E-state index in [-0.39, 0.29) is 17.8 Å². The quantitative estimate of drug-likeness (QED) is 0.390. The maximum Gasteiger partial charge on any atom is 0.329 e. The highest BCUT2D eigenvalue weighted by atomic mass is 35.5. The minimum absolute atomic E-state index is 0.0327. The summed E-state index contributed by atoms with van der Waals surface area (Å²) >= 11 is 12.2. The normalized spacial score (nSPS) is 20.6. The number of fused-ring (bicyclic) bond motifs is 1. The molecule has 0 saturated carbocycles. The first-order chi connectivity index (χ1) is 16.1. The van der Waals surface area contributed by atoms with Crippen LogP contribution in [0.4, 0.5) is 10.5 Å². The van der Waals surface area contributed by atoms with Crippen LogP contribution in [0.5, 0.6) is 5.75 Å². The zero-order chi connectivity index (χ0) is 24.8. The lowest BCUT2D eigenvalue weighted by atomic mass is 9.79. The van der Waals surface area contributed by atoms with Gasteiger partial charge in [0.1, 0.15) is 11.4 Å². The minimum atomic E-state index is -0.494. The number of carbonyl (C=O) groups excluding carboxylic acids is 2. The highest BCUT2D eigenvalue weighted by molar-refractivity contribution is 6.35. The van der Waals surface area contributed by atoms with E-state index in [9.17, 15) is 9.59 Å². The van der Waals surface area contributed by atoms with Gasteiger partial charge < -0.3 is 15.0 Å².